The van der Waals surface area contributed by atoms with Gasteiger partial charge < -0.3 is 10.2 Å². The minimum Gasteiger partial charge on any atom is -0.343 e. The van der Waals surface area contributed by atoms with Gasteiger partial charge in [0.1, 0.15) is 0 Å². The molecular weight excluding hydrogens is 300 g/mol. The maximum absolute atomic E-state index is 12.5. The fourth-order valence-corrected chi connectivity index (χ4v) is 3.23. The van der Waals surface area contributed by atoms with Crippen molar-refractivity contribution in [3.8, 4) is 0 Å². The molecule has 4 heteroatoms. The monoisotopic (exact) mass is 322 g/mol. The van der Waals surface area contributed by atoms with Crippen molar-refractivity contribution in [2.24, 2.45) is 0 Å². The van der Waals surface area contributed by atoms with Gasteiger partial charge in [-0.2, -0.15) is 0 Å². The Hall–Kier alpha value is -2.62. The van der Waals surface area contributed by atoms with Gasteiger partial charge in [-0.3, -0.25) is 9.59 Å². The van der Waals surface area contributed by atoms with Crippen LogP contribution in [-0.2, 0) is 4.79 Å². The number of benzene rings is 2. The highest BCUT2D eigenvalue weighted by molar-refractivity contribution is 5.96. The molecule has 124 valence electrons. The van der Waals surface area contributed by atoms with Gasteiger partial charge in [-0.1, -0.05) is 48.0 Å². The summed E-state index contributed by atoms with van der Waals surface area (Å²) in [5, 5.41) is 2.74. The number of aryl methyl sites for hydroxylation is 1. The van der Waals surface area contributed by atoms with Gasteiger partial charge in [-0.25, -0.2) is 0 Å². The first-order chi connectivity index (χ1) is 11.6. The van der Waals surface area contributed by atoms with E-state index in [1.807, 2.05) is 48.2 Å². The molecule has 0 unspecified atom stereocenters. The van der Waals surface area contributed by atoms with Crippen LogP contribution in [0.15, 0.2) is 54.6 Å². The van der Waals surface area contributed by atoms with Crippen molar-refractivity contribution in [1.29, 1.82) is 0 Å². The van der Waals surface area contributed by atoms with Crippen LogP contribution in [0.2, 0.25) is 0 Å². The summed E-state index contributed by atoms with van der Waals surface area (Å²) in [5.41, 5.74) is 2.77. The van der Waals surface area contributed by atoms with Crippen LogP contribution in [-0.4, -0.2) is 29.8 Å². The Balaban J connectivity index is 1.61. The molecule has 24 heavy (non-hydrogen) atoms. The topological polar surface area (TPSA) is 49.4 Å². The number of hydrogen-bond donors (Lipinski definition) is 1. The Labute approximate surface area is 142 Å². The normalized spacial score (nSPS) is 16.9. The Morgan fingerprint density at radius 2 is 1.92 bits per heavy atom. The standard InChI is InChI=1S/C20H22N2O2/c1-15-7-5-10-17(13-15)20(24)21-14-19(23)22-12-6-11-18(22)16-8-3-2-4-9-16/h2-5,7-10,13,18H,6,11-12,14H2,1H3,(H,21,24)/t18-/m0/s1. The number of amides is 2. The van der Waals surface area contributed by atoms with Crippen LogP contribution in [0, 0.1) is 6.92 Å². The van der Waals surface area contributed by atoms with Gasteiger partial charge in [-0.15, -0.1) is 0 Å². The fraction of sp³-hybridized carbons (Fsp3) is 0.300. The van der Waals surface area contributed by atoms with Gasteiger partial charge >= 0.3 is 0 Å². The zero-order valence-corrected chi connectivity index (χ0v) is 13.9. The van der Waals surface area contributed by atoms with Crippen LogP contribution >= 0.6 is 0 Å². The Kier molecular flexibility index (Phi) is 4.94. The minimum absolute atomic E-state index is 0.0256. The molecule has 0 radical (unpaired) electrons. The first-order valence-electron chi connectivity index (χ1n) is 8.34. The molecule has 1 aliphatic heterocycles. The molecule has 2 amide bonds. The molecule has 4 nitrogen and oxygen atoms in total. The second-order valence-corrected chi connectivity index (χ2v) is 6.21. The predicted octanol–water partition coefficient (Wildman–Crippen LogP) is 3.09. The molecule has 1 aliphatic rings. The smallest absolute Gasteiger partial charge is 0.251 e. The molecule has 0 spiro atoms. The Morgan fingerprint density at radius 1 is 1.12 bits per heavy atom. The third kappa shape index (κ3) is 3.65. The summed E-state index contributed by atoms with van der Waals surface area (Å²) in [6.45, 7) is 2.73. The zero-order valence-electron chi connectivity index (χ0n) is 13.9. The summed E-state index contributed by atoms with van der Waals surface area (Å²) in [6, 6.07) is 17.6. The van der Waals surface area contributed by atoms with Crippen molar-refractivity contribution in [3.05, 3.63) is 71.3 Å². The Bertz CT molecular complexity index is 727. The average molecular weight is 322 g/mol. The van der Waals surface area contributed by atoms with Crippen LogP contribution in [0.1, 0.15) is 40.4 Å². The highest BCUT2D eigenvalue weighted by Crippen LogP contribution is 2.31. The summed E-state index contributed by atoms with van der Waals surface area (Å²) in [5.74, 6) is -0.232. The summed E-state index contributed by atoms with van der Waals surface area (Å²) >= 11 is 0. The van der Waals surface area contributed by atoms with E-state index in [1.165, 1.54) is 0 Å². The molecule has 0 aliphatic carbocycles. The van der Waals surface area contributed by atoms with Crippen LogP contribution in [0.25, 0.3) is 0 Å². The lowest BCUT2D eigenvalue weighted by atomic mass is 10.0. The summed E-state index contributed by atoms with van der Waals surface area (Å²) in [4.78, 5) is 26.6. The third-order valence-corrected chi connectivity index (χ3v) is 4.44. The second-order valence-electron chi connectivity index (χ2n) is 6.21. The fourth-order valence-electron chi connectivity index (χ4n) is 3.23. The minimum atomic E-state index is -0.206. The maximum atomic E-state index is 12.5. The van der Waals surface area contributed by atoms with E-state index < -0.39 is 0 Å². The van der Waals surface area contributed by atoms with Crippen molar-refractivity contribution in [2.75, 3.05) is 13.1 Å². The molecule has 0 bridgehead atoms. The van der Waals surface area contributed by atoms with Crippen molar-refractivity contribution >= 4 is 11.8 Å². The molecule has 2 aromatic rings. The summed E-state index contributed by atoms with van der Waals surface area (Å²) < 4.78 is 0. The van der Waals surface area contributed by atoms with E-state index in [0.29, 0.717) is 5.56 Å². The van der Waals surface area contributed by atoms with Crippen LogP contribution in [0.4, 0.5) is 0 Å². The average Bonchev–Trinajstić information content (AvgIpc) is 3.10. The van der Waals surface area contributed by atoms with E-state index >= 15 is 0 Å². The quantitative estimate of drug-likeness (QED) is 0.940. The molecule has 1 fully saturated rings. The lowest BCUT2D eigenvalue weighted by Gasteiger charge is -2.25. The number of likely N-dealkylation sites (tertiary alicyclic amines) is 1. The number of nitrogens with zero attached hydrogens (tertiary/aromatic N) is 1. The van der Waals surface area contributed by atoms with E-state index in [4.69, 9.17) is 0 Å². The Morgan fingerprint density at radius 3 is 2.67 bits per heavy atom. The molecule has 1 N–H and O–H groups in total. The van der Waals surface area contributed by atoms with E-state index in [-0.39, 0.29) is 24.4 Å². The van der Waals surface area contributed by atoms with Crippen molar-refractivity contribution in [2.45, 2.75) is 25.8 Å². The molecule has 1 heterocycles. The number of hydrogen-bond acceptors (Lipinski definition) is 2. The molecule has 2 aromatic carbocycles. The number of nitrogens with one attached hydrogen (secondary N) is 1. The van der Waals surface area contributed by atoms with Gasteiger partial charge in [0.15, 0.2) is 0 Å². The van der Waals surface area contributed by atoms with Gasteiger partial charge in [0.2, 0.25) is 5.91 Å². The molecule has 0 aromatic heterocycles. The predicted molar refractivity (Wildman–Crippen MR) is 93.6 cm³/mol. The van der Waals surface area contributed by atoms with Gasteiger partial charge in [0.25, 0.3) is 5.91 Å². The van der Waals surface area contributed by atoms with Gasteiger partial charge in [-0.05, 0) is 37.5 Å². The van der Waals surface area contributed by atoms with Crippen molar-refractivity contribution in [1.82, 2.24) is 10.2 Å². The molecular formula is C20H22N2O2. The van der Waals surface area contributed by atoms with E-state index in [9.17, 15) is 9.59 Å². The van der Waals surface area contributed by atoms with E-state index in [2.05, 4.69) is 17.4 Å². The SMILES string of the molecule is Cc1cccc(C(=O)NCC(=O)N2CCC[C@H]2c2ccccc2)c1. The van der Waals surface area contributed by atoms with Gasteiger partial charge in [0.05, 0.1) is 12.6 Å². The first-order valence-corrected chi connectivity index (χ1v) is 8.34. The second kappa shape index (κ2) is 7.30. The van der Waals surface area contributed by atoms with Crippen LogP contribution in [0.3, 0.4) is 0 Å². The lowest BCUT2D eigenvalue weighted by Crippen LogP contribution is -2.39. The summed E-state index contributed by atoms with van der Waals surface area (Å²) in [6.07, 6.45) is 1.97. The molecule has 1 saturated heterocycles. The van der Waals surface area contributed by atoms with Gasteiger partial charge in [0, 0.05) is 12.1 Å². The van der Waals surface area contributed by atoms with Crippen LogP contribution < -0.4 is 5.32 Å². The number of carbonyl (C=O) groups excluding carboxylic acids is 2. The molecule has 1 atom stereocenters. The first kappa shape index (κ1) is 16.2. The lowest BCUT2D eigenvalue weighted by molar-refractivity contribution is -0.131. The maximum Gasteiger partial charge on any atom is 0.251 e. The zero-order chi connectivity index (χ0) is 16.9. The molecule has 0 saturated carbocycles. The van der Waals surface area contributed by atoms with Crippen molar-refractivity contribution < 1.29 is 9.59 Å². The number of rotatable bonds is 4. The van der Waals surface area contributed by atoms with E-state index in [0.717, 1.165) is 30.5 Å². The van der Waals surface area contributed by atoms with E-state index in [1.54, 1.807) is 6.07 Å². The third-order valence-electron chi connectivity index (χ3n) is 4.44. The summed E-state index contributed by atoms with van der Waals surface area (Å²) in [7, 11) is 0. The highest BCUT2D eigenvalue weighted by Gasteiger charge is 2.29. The highest BCUT2D eigenvalue weighted by atomic mass is 16.2. The van der Waals surface area contributed by atoms with Crippen molar-refractivity contribution in [3.63, 3.8) is 0 Å². The number of carbonyl (C=O) groups is 2. The largest absolute Gasteiger partial charge is 0.343 e. The molecule has 3 rings (SSSR count). The van der Waals surface area contributed by atoms with Crippen LogP contribution in [0.5, 0.6) is 0 Å².